The molecule has 0 aliphatic carbocycles. The molecule has 0 saturated heterocycles. The van der Waals surface area contributed by atoms with Gasteiger partial charge in [0.05, 0.1) is 0 Å². The lowest BCUT2D eigenvalue weighted by atomic mass is 9.85. The van der Waals surface area contributed by atoms with Crippen molar-refractivity contribution in [3.05, 3.63) is 194 Å². The number of rotatable bonds is 3. The molecule has 13 rings (SSSR count). The van der Waals surface area contributed by atoms with Gasteiger partial charge in [-0.25, -0.2) is 0 Å². The van der Waals surface area contributed by atoms with E-state index >= 15 is 0 Å². The Kier molecular flexibility index (Phi) is 6.86. The molecule has 11 aromatic carbocycles. The minimum Gasteiger partial charge on any atom is -0.135 e. The molecule has 0 bridgehead atoms. The van der Waals surface area contributed by atoms with Gasteiger partial charge in [0, 0.05) is 45.7 Å². The van der Waals surface area contributed by atoms with E-state index in [1.807, 2.05) is 22.7 Å². The molecule has 2 heterocycles. The number of fused-ring (bicyclic) bond motifs is 12. The van der Waals surface area contributed by atoms with Crippen LogP contribution >= 0.6 is 22.7 Å². The van der Waals surface area contributed by atoms with E-state index in [0.29, 0.717) is 0 Å². The maximum Gasteiger partial charge on any atom is 0.0434 e. The third-order valence-corrected chi connectivity index (χ3v) is 14.7. The summed E-state index contributed by atoms with van der Waals surface area (Å²) in [4.78, 5) is 0. The van der Waals surface area contributed by atoms with E-state index in [0.717, 1.165) is 0 Å². The Balaban J connectivity index is 0.980. The Morgan fingerprint density at radius 1 is 0.241 bits per heavy atom. The van der Waals surface area contributed by atoms with Gasteiger partial charge in [-0.05, 0) is 124 Å². The van der Waals surface area contributed by atoms with Crippen molar-refractivity contribution < 1.29 is 0 Å². The van der Waals surface area contributed by atoms with Crippen LogP contribution in [0.15, 0.2) is 194 Å². The molecule has 0 aliphatic heterocycles. The summed E-state index contributed by atoms with van der Waals surface area (Å²) < 4.78 is 5.43. The summed E-state index contributed by atoms with van der Waals surface area (Å²) >= 11 is 3.83. The smallest absolute Gasteiger partial charge is 0.0434 e. The first-order chi connectivity index (χ1) is 28.7. The highest BCUT2D eigenvalue weighted by atomic mass is 32.1. The molecular weight excluding hydrogens is 737 g/mol. The van der Waals surface area contributed by atoms with Crippen LogP contribution in [0.1, 0.15) is 0 Å². The van der Waals surface area contributed by atoms with Crippen LogP contribution < -0.4 is 0 Å². The van der Waals surface area contributed by atoms with Crippen LogP contribution in [0.5, 0.6) is 0 Å². The molecule has 13 aromatic rings. The number of benzene rings is 11. The average molecular weight is 769 g/mol. The molecule has 0 radical (unpaired) electrons. The molecule has 0 spiro atoms. The zero-order valence-electron chi connectivity index (χ0n) is 31.3. The molecule has 0 atom stereocenters. The standard InChI is InChI=1S/C56H32S2/c1-2-12-34-28-38(25-21-33(34)11-1)54-42-15-4-6-17-44(42)55(45-18-7-5-16-43(45)54)39-26-23-35-27-37(24-22-36(35)29-39)47-30-50-49-32-52-48(41-14-9-10-20-51(41)57-52)31-53(49)58-56(50)46-19-8-3-13-40(46)47/h1-32H. The first-order valence-corrected chi connectivity index (χ1v) is 21.5. The molecular formula is C56H32S2. The highest BCUT2D eigenvalue weighted by Gasteiger charge is 2.19. The van der Waals surface area contributed by atoms with Gasteiger partial charge in [0.15, 0.2) is 0 Å². The summed E-state index contributed by atoms with van der Waals surface area (Å²) in [5.74, 6) is 0. The quantitative estimate of drug-likeness (QED) is 0.157. The fourth-order valence-electron chi connectivity index (χ4n) is 9.72. The summed E-state index contributed by atoms with van der Waals surface area (Å²) in [7, 11) is 0. The molecule has 0 nitrogen and oxygen atoms in total. The predicted octanol–water partition coefficient (Wildman–Crippen LogP) is 17.2. The van der Waals surface area contributed by atoms with E-state index in [2.05, 4.69) is 194 Å². The van der Waals surface area contributed by atoms with E-state index in [9.17, 15) is 0 Å². The lowest BCUT2D eigenvalue weighted by Gasteiger charge is -2.18. The van der Waals surface area contributed by atoms with Crippen molar-refractivity contribution in [3.8, 4) is 33.4 Å². The van der Waals surface area contributed by atoms with Gasteiger partial charge in [0.25, 0.3) is 0 Å². The Labute approximate surface area is 342 Å². The van der Waals surface area contributed by atoms with E-state index in [1.54, 1.807) is 0 Å². The van der Waals surface area contributed by atoms with Crippen LogP contribution in [-0.4, -0.2) is 0 Å². The zero-order chi connectivity index (χ0) is 37.9. The van der Waals surface area contributed by atoms with Crippen LogP contribution in [0.4, 0.5) is 0 Å². The lowest BCUT2D eigenvalue weighted by molar-refractivity contribution is 1.67. The molecule has 0 N–H and O–H groups in total. The van der Waals surface area contributed by atoms with Crippen molar-refractivity contribution in [2.75, 3.05) is 0 Å². The Bertz CT molecular complexity index is 3800. The van der Waals surface area contributed by atoms with E-state index in [1.165, 1.54) is 128 Å². The van der Waals surface area contributed by atoms with Crippen molar-refractivity contribution >= 4 is 117 Å². The Morgan fingerprint density at radius 3 is 1.34 bits per heavy atom. The molecule has 0 saturated carbocycles. The van der Waals surface area contributed by atoms with Gasteiger partial charge in [0.2, 0.25) is 0 Å². The highest BCUT2D eigenvalue weighted by molar-refractivity contribution is 7.28. The van der Waals surface area contributed by atoms with Crippen molar-refractivity contribution in [1.29, 1.82) is 0 Å². The van der Waals surface area contributed by atoms with E-state index in [-0.39, 0.29) is 0 Å². The number of hydrogen-bond acceptors (Lipinski definition) is 2. The van der Waals surface area contributed by atoms with Gasteiger partial charge in [-0.3, -0.25) is 0 Å². The number of hydrogen-bond donors (Lipinski definition) is 0. The molecule has 0 unspecified atom stereocenters. The molecule has 268 valence electrons. The van der Waals surface area contributed by atoms with E-state index < -0.39 is 0 Å². The first-order valence-electron chi connectivity index (χ1n) is 19.9. The predicted molar refractivity (Wildman–Crippen MR) is 256 cm³/mol. The zero-order valence-corrected chi connectivity index (χ0v) is 32.9. The largest absolute Gasteiger partial charge is 0.135 e. The summed E-state index contributed by atoms with van der Waals surface area (Å²) in [6.07, 6.45) is 0. The molecule has 0 fully saturated rings. The van der Waals surface area contributed by atoms with Crippen LogP contribution in [0.25, 0.3) is 128 Å². The van der Waals surface area contributed by atoms with Crippen molar-refractivity contribution in [1.82, 2.24) is 0 Å². The highest BCUT2D eigenvalue weighted by Crippen LogP contribution is 2.48. The SMILES string of the molecule is c1ccc2cc(-c3c4ccccc4c(-c4ccc5cc(-c6cc7c8cc9sc%10ccccc%10c9cc8sc7c7ccccc67)ccc5c4)c4ccccc34)ccc2c1. The van der Waals surface area contributed by atoms with Crippen LogP contribution in [0.3, 0.4) is 0 Å². The molecule has 0 aliphatic rings. The monoisotopic (exact) mass is 768 g/mol. The summed E-state index contributed by atoms with van der Waals surface area (Å²) in [5.41, 5.74) is 7.60. The molecule has 58 heavy (non-hydrogen) atoms. The van der Waals surface area contributed by atoms with Gasteiger partial charge >= 0.3 is 0 Å². The molecule has 0 amide bonds. The maximum absolute atomic E-state index is 2.46. The molecule has 2 heteroatoms. The number of thiophene rings is 2. The summed E-state index contributed by atoms with van der Waals surface area (Å²) in [6.45, 7) is 0. The second-order valence-electron chi connectivity index (χ2n) is 15.6. The van der Waals surface area contributed by atoms with Gasteiger partial charge in [-0.1, -0.05) is 152 Å². The first kappa shape index (κ1) is 32.3. The Hall–Kier alpha value is -6.84. The van der Waals surface area contributed by atoms with Crippen molar-refractivity contribution in [3.63, 3.8) is 0 Å². The van der Waals surface area contributed by atoms with Gasteiger partial charge in [-0.2, -0.15) is 0 Å². The lowest BCUT2D eigenvalue weighted by Crippen LogP contribution is -1.91. The second kappa shape index (κ2) is 12.3. The fraction of sp³-hybridized carbons (Fsp3) is 0. The third kappa shape index (κ3) is 4.74. The minimum atomic E-state index is 1.24. The fourth-order valence-corrected chi connectivity index (χ4v) is 12.1. The normalized spacial score (nSPS) is 12.1. The van der Waals surface area contributed by atoms with Gasteiger partial charge in [-0.15, -0.1) is 22.7 Å². The molecule has 2 aromatic heterocycles. The average Bonchev–Trinajstić information content (AvgIpc) is 3.84. The summed E-state index contributed by atoms with van der Waals surface area (Å²) in [5, 5.41) is 18.1. The second-order valence-corrected chi connectivity index (χ2v) is 17.7. The third-order valence-electron chi connectivity index (χ3n) is 12.4. The maximum atomic E-state index is 2.46. The Morgan fingerprint density at radius 2 is 0.690 bits per heavy atom. The van der Waals surface area contributed by atoms with E-state index in [4.69, 9.17) is 0 Å². The van der Waals surface area contributed by atoms with Crippen LogP contribution in [-0.2, 0) is 0 Å². The van der Waals surface area contributed by atoms with Gasteiger partial charge < -0.3 is 0 Å². The van der Waals surface area contributed by atoms with Crippen LogP contribution in [0.2, 0.25) is 0 Å². The van der Waals surface area contributed by atoms with Crippen molar-refractivity contribution in [2.24, 2.45) is 0 Å². The van der Waals surface area contributed by atoms with Crippen molar-refractivity contribution in [2.45, 2.75) is 0 Å². The topological polar surface area (TPSA) is 0 Å². The van der Waals surface area contributed by atoms with Gasteiger partial charge in [0.1, 0.15) is 0 Å². The minimum absolute atomic E-state index is 1.24. The summed E-state index contributed by atoms with van der Waals surface area (Å²) in [6, 6.07) is 72.7. The van der Waals surface area contributed by atoms with Crippen LogP contribution in [0, 0.1) is 0 Å².